The van der Waals surface area contributed by atoms with E-state index in [0.29, 0.717) is 13.0 Å². The predicted molar refractivity (Wildman–Crippen MR) is 90.5 cm³/mol. The lowest BCUT2D eigenvalue weighted by atomic mass is 9.86. The second-order valence-corrected chi connectivity index (χ2v) is 7.86. The van der Waals surface area contributed by atoms with Gasteiger partial charge in [0.25, 0.3) is 5.91 Å². The quantitative estimate of drug-likeness (QED) is 0.933. The molecular formula is C18H28N2O2. The number of fused-ring (bicyclic) bond motifs is 1. The molecule has 0 aromatic heterocycles. The van der Waals surface area contributed by atoms with Gasteiger partial charge in [0.05, 0.1) is 5.69 Å². The van der Waals surface area contributed by atoms with Crippen molar-refractivity contribution in [3.63, 3.8) is 0 Å². The van der Waals surface area contributed by atoms with E-state index in [9.17, 15) is 4.79 Å². The standard InChI is InChI=1S/C18H28N2O2/c1-7-14-16(21)20(11-18(5,6)19)13-10-12(17(2,3)4)8-9-15(13)22-14/h8-10,14H,7,11,19H2,1-6H3. The fraction of sp³-hybridized carbons (Fsp3) is 0.611. The summed E-state index contributed by atoms with van der Waals surface area (Å²) in [6.07, 6.45) is 0.233. The third kappa shape index (κ3) is 3.43. The third-order valence-corrected chi connectivity index (χ3v) is 3.86. The molecule has 4 nitrogen and oxygen atoms in total. The summed E-state index contributed by atoms with van der Waals surface area (Å²) < 4.78 is 5.87. The van der Waals surface area contributed by atoms with Gasteiger partial charge in [-0.2, -0.15) is 0 Å². The van der Waals surface area contributed by atoms with Gasteiger partial charge in [-0.1, -0.05) is 33.8 Å². The highest BCUT2D eigenvalue weighted by Gasteiger charge is 2.36. The number of carbonyl (C=O) groups excluding carboxylic acids is 1. The van der Waals surface area contributed by atoms with Gasteiger partial charge in [0.2, 0.25) is 0 Å². The summed E-state index contributed by atoms with van der Waals surface area (Å²) in [7, 11) is 0. The molecule has 0 spiro atoms. The van der Waals surface area contributed by atoms with Crippen molar-refractivity contribution in [2.45, 2.75) is 65.0 Å². The first kappa shape index (κ1) is 16.8. The molecule has 1 aliphatic heterocycles. The molecule has 1 unspecified atom stereocenters. The molecule has 2 rings (SSSR count). The molecule has 1 heterocycles. The molecule has 1 aliphatic rings. The number of benzene rings is 1. The maximum atomic E-state index is 12.7. The summed E-state index contributed by atoms with van der Waals surface area (Å²) in [6, 6.07) is 6.11. The van der Waals surface area contributed by atoms with Crippen LogP contribution >= 0.6 is 0 Å². The fourth-order valence-electron chi connectivity index (χ4n) is 2.62. The molecule has 2 N–H and O–H groups in total. The Morgan fingerprint density at radius 3 is 2.36 bits per heavy atom. The van der Waals surface area contributed by atoms with Crippen molar-refractivity contribution in [2.24, 2.45) is 5.73 Å². The number of nitrogens with two attached hydrogens (primary N) is 1. The SMILES string of the molecule is CCC1Oc2ccc(C(C)(C)C)cc2N(CC(C)(C)N)C1=O. The molecule has 0 saturated carbocycles. The Bertz CT molecular complexity index is 567. The predicted octanol–water partition coefficient (Wildman–Crippen LogP) is 3.23. The monoisotopic (exact) mass is 304 g/mol. The van der Waals surface area contributed by atoms with Crippen LogP contribution in [-0.4, -0.2) is 24.1 Å². The molecule has 1 aromatic carbocycles. The number of anilines is 1. The zero-order valence-electron chi connectivity index (χ0n) is 14.6. The van der Waals surface area contributed by atoms with E-state index in [0.717, 1.165) is 11.4 Å². The van der Waals surface area contributed by atoms with Crippen molar-refractivity contribution < 1.29 is 9.53 Å². The average Bonchev–Trinajstić information content (AvgIpc) is 2.38. The Hall–Kier alpha value is -1.55. The summed E-state index contributed by atoms with van der Waals surface area (Å²) >= 11 is 0. The molecule has 0 radical (unpaired) electrons. The van der Waals surface area contributed by atoms with Gasteiger partial charge in [-0.25, -0.2) is 0 Å². The van der Waals surface area contributed by atoms with E-state index in [1.165, 1.54) is 5.56 Å². The van der Waals surface area contributed by atoms with E-state index < -0.39 is 11.6 Å². The van der Waals surface area contributed by atoms with Gasteiger partial charge in [-0.15, -0.1) is 0 Å². The summed E-state index contributed by atoms with van der Waals surface area (Å²) in [5.74, 6) is 0.767. The number of hydrogen-bond donors (Lipinski definition) is 1. The van der Waals surface area contributed by atoms with Gasteiger partial charge < -0.3 is 15.4 Å². The van der Waals surface area contributed by atoms with Crippen LogP contribution in [0.15, 0.2) is 18.2 Å². The van der Waals surface area contributed by atoms with E-state index in [2.05, 4.69) is 32.9 Å². The normalized spacial score (nSPS) is 19.0. The van der Waals surface area contributed by atoms with E-state index in [1.54, 1.807) is 4.90 Å². The van der Waals surface area contributed by atoms with Crippen molar-refractivity contribution >= 4 is 11.6 Å². The number of carbonyl (C=O) groups is 1. The first-order valence-electron chi connectivity index (χ1n) is 7.94. The third-order valence-electron chi connectivity index (χ3n) is 3.86. The largest absolute Gasteiger partial charge is 0.478 e. The van der Waals surface area contributed by atoms with Crippen molar-refractivity contribution in [1.29, 1.82) is 0 Å². The van der Waals surface area contributed by atoms with Gasteiger partial charge in [-0.05, 0) is 43.4 Å². The fourth-order valence-corrected chi connectivity index (χ4v) is 2.62. The van der Waals surface area contributed by atoms with Crippen LogP contribution in [0.1, 0.15) is 53.5 Å². The van der Waals surface area contributed by atoms with Crippen LogP contribution in [0.2, 0.25) is 0 Å². The second-order valence-electron chi connectivity index (χ2n) is 7.86. The van der Waals surface area contributed by atoms with E-state index in [1.807, 2.05) is 26.8 Å². The molecule has 22 heavy (non-hydrogen) atoms. The lowest BCUT2D eigenvalue weighted by molar-refractivity contribution is -0.126. The van der Waals surface area contributed by atoms with Gasteiger partial charge in [0, 0.05) is 12.1 Å². The van der Waals surface area contributed by atoms with Crippen LogP contribution in [0, 0.1) is 0 Å². The Kier molecular flexibility index (Phi) is 4.26. The average molecular weight is 304 g/mol. The van der Waals surface area contributed by atoms with Crippen molar-refractivity contribution in [2.75, 3.05) is 11.4 Å². The summed E-state index contributed by atoms with van der Waals surface area (Å²) in [5, 5.41) is 0. The van der Waals surface area contributed by atoms with Crippen LogP contribution in [-0.2, 0) is 10.2 Å². The van der Waals surface area contributed by atoms with Crippen LogP contribution in [0.5, 0.6) is 5.75 Å². The molecule has 1 amide bonds. The van der Waals surface area contributed by atoms with Gasteiger partial charge in [-0.3, -0.25) is 4.79 Å². The minimum Gasteiger partial charge on any atom is -0.478 e. The van der Waals surface area contributed by atoms with E-state index in [-0.39, 0.29) is 11.3 Å². The molecular weight excluding hydrogens is 276 g/mol. The Morgan fingerprint density at radius 2 is 1.86 bits per heavy atom. The first-order chi connectivity index (χ1) is 10.0. The van der Waals surface area contributed by atoms with Crippen LogP contribution < -0.4 is 15.4 Å². The molecule has 0 saturated heterocycles. The zero-order valence-corrected chi connectivity index (χ0v) is 14.6. The maximum absolute atomic E-state index is 12.7. The Balaban J connectivity index is 2.51. The topological polar surface area (TPSA) is 55.6 Å². The number of nitrogens with zero attached hydrogens (tertiary/aromatic N) is 1. The highest BCUT2D eigenvalue weighted by molar-refractivity contribution is 6.00. The lowest BCUT2D eigenvalue weighted by Crippen LogP contribution is -2.53. The van der Waals surface area contributed by atoms with Crippen LogP contribution in [0.3, 0.4) is 0 Å². The number of rotatable bonds is 3. The number of hydrogen-bond acceptors (Lipinski definition) is 3. The van der Waals surface area contributed by atoms with Crippen molar-refractivity contribution in [3.8, 4) is 5.75 Å². The Labute approximate surface area is 133 Å². The van der Waals surface area contributed by atoms with Crippen LogP contribution in [0.25, 0.3) is 0 Å². The summed E-state index contributed by atoms with van der Waals surface area (Å²) in [6.45, 7) is 12.8. The van der Waals surface area contributed by atoms with E-state index in [4.69, 9.17) is 10.5 Å². The molecule has 1 aromatic rings. The number of ether oxygens (including phenoxy) is 1. The Morgan fingerprint density at radius 1 is 1.23 bits per heavy atom. The van der Waals surface area contributed by atoms with Gasteiger partial charge >= 0.3 is 0 Å². The highest BCUT2D eigenvalue weighted by atomic mass is 16.5. The second kappa shape index (κ2) is 5.58. The summed E-state index contributed by atoms with van der Waals surface area (Å²) in [4.78, 5) is 14.5. The molecule has 0 aliphatic carbocycles. The molecule has 0 fully saturated rings. The van der Waals surface area contributed by atoms with Gasteiger partial charge in [0.15, 0.2) is 6.10 Å². The van der Waals surface area contributed by atoms with Gasteiger partial charge in [0.1, 0.15) is 5.75 Å². The smallest absolute Gasteiger partial charge is 0.268 e. The minimum atomic E-state index is -0.458. The molecule has 1 atom stereocenters. The number of amides is 1. The van der Waals surface area contributed by atoms with Crippen molar-refractivity contribution in [1.82, 2.24) is 0 Å². The molecule has 122 valence electrons. The maximum Gasteiger partial charge on any atom is 0.268 e. The molecule has 4 heteroatoms. The zero-order chi connectivity index (χ0) is 16.7. The van der Waals surface area contributed by atoms with E-state index >= 15 is 0 Å². The van der Waals surface area contributed by atoms with Crippen LogP contribution in [0.4, 0.5) is 5.69 Å². The highest BCUT2D eigenvalue weighted by Crippen LogP contribution is 2.38. The lowest BCUT2D eigenvalue weighted by Gasteiger charge is -2.38. The first-order valence-corrected chi connectivity index (χ1v) is 7.94. The molecule has 0 bridgehead atoms. The summed E-state index contributed by atoms with van der Waals surface area (Å²) in [5.41, 5.74) is 7.73. The minimum absolute atomic E-state index is 0.000385. The van der Waals surface area contributed by atoms with Crippen molar-refractivity contribution in [3.05, 3.63) is 23.8 Å².